The maximum atomic E-state index is 11.8. The number of anilines is 1. The van der Waals surface area contributed by atoms with Crippen LogP contribution in [-0.4, -0.2) is 28.4 Å². The first-order valence-corrected chi connectivity index (χ1v) is 14.4. The number of nitrogen functional groups attached to an aromatic ring is 1. The van der Waals surface area contributed by atoms with Gasteiger partial charge in [0.1, 0.15) is 5.82 Å². The molecular formula is C34H34ClN3O2S. The highest BCUT2D eigenvalue weighted by molar-refractivity contribution is 7.80. The molecule has 0 aliphatic carbocycles. The monoisotopic (exact) mass is 583 g/mol. The number of carbonyl (C=O) groups excluding carboxylic acids is 1. The minimum Gasteiger partial charge on any atom is -0.465 e. The van der Waals surface area contributed by atoms with E-state index in [2.05, 4.69) is 53.7 Å². The second kappa shape index (κ2) is 14.1. The van der Waals surface area contributed by atoms with Crippen LogP contribution in [0.4, 0.5) is 5.69 Å². The second-order valence-electron chi connectivity index (χ2n) is 9.63. The van der Waals surface area contributed by atoms with Gasteiger partial charge in [-0.3, -0.25) is 0 Å². The Labute approximate surface area is 252 Å². The zero-order valence-electron chi connectivity index (χ0n) is 23.5. The van der Waals surface area contributed by atoms with Gasteiger partial charge in [-0.1, -0.05) is 73.1 Å². The molecule has 5 nitrogen and oxygen atoms in total. The summed E-state index contributed by atoms with van der Waals surface area (Å²) in [7, 11) is 1.39. The Balaban J connectivity index is 0.00000124. The molecule has 0 bridgehead atoms. The van der Waals surface area contributed by atoms with Gasteiger partial charge in [0.2, 0.25) is 0 Å². The number of nitrogens with zero attached hydrogens (tertiary/aromatic N) is 2. The molecule has 0 saturated heterocycles. The number of benzene rings is 4. The maximum absolute atomic E-state index is 11.8. The molecule has 0 fully saturated rings. The SMILES string of the molecule is CCS.COC(=O)c1ccc(Cn2cc(-c3ccc(Cl)cc3C)nc2Cc2ccc(-c3cccc(N)c3)cc2)cc1. The van der Waals surface area contributed by atoms with E-state index in [-0.39, 0.29) is 5.97 Å². The van der Waals surface area contributed by atoms with E-state index in [4.69, 9.17) is 27.1 Å². The van der Waals surface area contributed by atoms with E-state index < -0.39 is 0 Å². The van der Waals surface area contributed by atoms with Crippen LogP contribution in [0.3, 0.4) is 0 Å². The fraction of sp³-hybridized carbons (Fsp3) is 0.176. The molecular weight excluding hydrogens is 550 g/mol. The van der Waals surface area contributed by atoms with E-state index in [1.807, 2.05) is 62.4 Å². The molecule has 0 atom stereocenters. The lowest BCUT2D eigenvalue weighted by molar-refractivity contribution is 0.0600. The van der Waals surface area contributed by atoms with Crippen molar-refractivity contribution in [3.63, 3.8) is 0 Å². The number of imidazole rings is 1. The molecule has 0 amide bonds. The number of esters is 1. The van der Waals surface area contributed by atoms with Gasteiger partial charge in [-0.05, 0) is 76.9 Å². The lowest BCUT2D eigenvalue weighted by Gasteiger charge is -2.10. The highest BCUT2D eigenvalue weighted by Gasteiger charge is 2.14. The minimum absolute atomic E-state index is 0.345. The number of ether oxygens (including phenoxy) is 1. The number of aromatic nitrogens is 2. The molecule has 5 rings (SSSR count). The number of carbonyl (C=O) groups is 1. The Morgan fingerprint density at radius 2 is 1.63 bits per heavy atom. The number of rotatable bonds is 7. The summed E-state index contributed by atoms with van der Waals surface area (Å²) >= 11 is 9.99. The first-order valence-electron chi connectivity index (χ1n) is 13.4. The van der Waals surface area contributed by atoms with Crippen molar-refractivity contribution in [1.29, 1.82) is 0 Å². The molecule has 0 spiro atoms. The fourth-order valence-electron chi connectivity index (χ4n) is 4.55. The van der Waals surface area contributed by atoms with Gasteiger partial charge in [0.15, 0.2) is 0 Å². The van der Waals surface area contributed by atoms with Crippen molar-refractivity contribution >= 4 is 35.9 Å². The van der Waals surface area contributed by atoms with Crippen molar-refractivity contribution in [2.24, 2.45) is 0 Å². The highest BCUT2D eigenvalue weighted by atomic mass is 35.5. The van der Waals surface area contributed by atoms with Crippen LogP contribution in [-0.2, 0) is 17.7 Å². The molecule has 7 heteroatoms. The molecule has 0 aliphatic rings. The van der Waals surface area contributed by atoms with Gasteiger partial charge in [0.25, 0.3) is 0 Å². The molecule has 4 aromatic carbocycles. The largest absolute Gasteiger partial charge is 0.465 e. The van der Waals surface area contributed by atoms with Crippen LogP contribution >= 0.6 is 24.2 Å². The number of nitrogens with two attached hydrogens (primary N) is 1. The average Bonchev–Trinajstić information content (AvgIpc) is 3.35. The number of hydrogen-bond donors (Lipinski definition) is 2. The molecule has 1 aromatic heterocycles. The third-order valence-corrected chi connectivity index (χ3v) is 6.82. The molecule has 0 saturated carbocycles. The predicted molar refractivity (Wildman–Crippen MR) is 173 cm³/mol. The lowest BCUT2D eigenvalue weighted by atomic mass is 10.0. The number of methoxy groups -OCH3 is 1. The number of hydrogen-bond acceptors (Lipinski definition) is 5. The smallest absolute Gasteiger partial charge is 0.337 e. The van der Waals surface area contributed by atoms with E-state index in [0.717, 1.165) is 56.3 Å². The van der Waals surface area contributed by atoms with Crippen molar-refractivity contribution in [2.75, 3.05) is 18.6 Å². The minimum atomic E-state index is -0.345. The zero-order valence-corrected chi connectivity index (χ0v) is 25.1. The van der Waals surface area contributed by atoms with E-state index in [1.54, 1.807) is 12.1 Å². The van der Waals surface area contributed by atoms with Crippen molar-refractivity contribution in [2.45, 2.75) is 26.8 Å². The van der Waals surface area contributed by atoms with Crippen LogP contribution in [0.2, 0.25) is 5.02 Å². The lowest BCUT2D eigenvalue weighted by Crippen LogP contribution is -2.06. The molecule has 0 unspecified atom stereocenters. The van der Waals surface area contributed by atoms with Crippen molar-refractivity contribution in [1.82, 2.24) is 9.55 Å². The first kappa shape index (κ1) is 30.0. The third-order valence-electron chi connectivity index (χ3n) is 6.59. The maximum Gasteiger partial charge on any atom is 0.337 e. The fourth-order valence-corrected chi connectivity index (χ4v) is 4.78. The Morgan fingerprint density at radius 1 is 0.951 bits per heavy atom. The number of aryl methyl sites for hydroxylation is 1. The van der Waals surface area contributed by atoms with Crippen LogP contribution in [0.5, 0.6) is 0 Å². The highest BCUT2D eigenvalue weighted by Crippen LogP contribution is 2.28. The van der Waals surface area contributed by atoms with E-state index in [0.29, 0.717) is 23.6 Å². The second-order valence-corrected chi connectivity index (χ2v) is 10.7. The molecule has 0 radical (unpaired) electrons. The Bertz CT molecular complexity index is 1610. The van der Waals surface area contributed by atoms with Gasteiger partial charge in [0.05, 0.1) is 18.4 Å². The van der Waals surface area contributed by atoms with Crippen LogP contribution < -0.4 is 5.73 Å². The summed E-state index contributed by atoms with van der Waals surface area (Å²) in [6, 6.07) is 29.7. The van der Waals surface area contributed by atoms with E-state index in [1.165, 1.54) is 7.11 Å². The summed E-state index contributed by atoms with van der Waals surface area (Å²) in [4.78, 5) is 16.9. The van der Waals surface area contributed by atoms with Crippen LogP contribution in [0.25, 0.3) is 22.4 Å². The van der Waals surface area contributed by atoms with Gasteiger partial charge in [-0.2, -0.15) is 12.6 Å². The topological polar surface area (TPSA) is 70.1 Å². The van der Waals surface area contributed by atoms with Crippen LogP contribution in [0.1, 0.15) is 39.8 Å². The standard InChI is InChI=1S/C32H28ClN3O2.C2H6S/c1-21-16-27(33)14-15-29(21)30-20-36(19-23-8-12-25(13-9-23)32(37)38-2)31(35-30)17-22-6-10-24(11-7-22)26-4-3-5-28(34)18-26;1-2-3/h3-16,18,20H,17,19,34H2,1-2H3;3H,2H2,1H3. The Morgan fingerprint density at radius 3 is 2.27 bits per heavy atom. The van der Waals surface area contributed by atoms with Gasteiger partial charge < -0.3 is 15.0 Å². The normalized spacial score (nSPS) is 10.6. The van der Waals surface area contributed by atoms with Gasteiger partial charge in [0, 0.05) is 35.4 Å². The quantitative estimate of drug-likeness (QED) is 0.115. The molecule has 0 aliphatic heterocycles. The first-order chi connectivity index (χ1) is 19.8. The molecule has 41 heavy (non-hydrogen) atoms. The van der Waals surface area contributed by atoms with Crippen LogP contribution in [0, 0.1) is 6.92 Å². The molecule has 210 valence electrons. The molecule has 1 heterocycles. The summed E-state index contributed by atoms with van der Waals surface area (Å²) in [6.45, 7) is 4.65. The molecule has 2 N–H and O–H groups in total. The summed E-state index contributed by atoms with van der Waals surface area (Å²) < 4.78 is 6.99. The van der Waals surface area contributed by atoms with Gasteiger partial charge >= 0.3 is 5.97 Å². The predicted octanol–water partition coefficient (Wildman–Crippen LogP) is 8.12. The van der Waals surface area contributed by atoms with Crippen LogP contribution in [0.15, 0.2) is 97.2 Å². The number of thiol groups is 1. The average molecular weight is 584 g/mol. The Hall–Kier alpha value is -4.00. The van der Waals surface area contributed by atoms with Gasteiger partial charge in [-0.25, -0.2) is 9.78 Å². The van der Waals surface area contributed by atoms with Crippen molar-refractivity contribution in [3.8, 4) is 22.4 Å². The van der Waals surface area contributed by atoms with Gasteiger partial charge in [-0.15, -0.1) is 0 Å². The zero-order chi connectivity index (χ0) is 29.4. The summed E-state index contributed by atoms with van der Waals surface area (Å²) in [5, 5.41) is 0.705. The molecule has 5 aromatic rings. The van der Waals surface area contributed by atoms with E-state index >= 15 is 0 Å². The summed E-state index contributed by atoms with van der Waals surface area (Å²) in [5.41, 5.74) is 14.7. The van der Waals surface area contributed by atoms with E-state index in [9.17, 15) is 4.79 Å². The van der Waals surface area contributed by atoms with Crippen molar-refractivity contribution < 1.29 is 9.53 Å². The summed E-state index contributed by atoms with van der Waals surface area (Å²) in [5.74, 6) is 1.55. The third kappa shape index (κ3) is 7.81. The summed E-state index contributed by atoms with van der Waals surface area (Å²) in [6.07, 6.45) is 2.75. The number of halogens is 1. The Kier molecular flexibility index (Phi) is 10.3. The van der Waals surface area contributed by atoms with Crippen molar-refractivity contribution in [3.05, 3.63) is 130 Å².